The molecule has 0 spiro atoms. The van der Waals surface area contributed by atoms with Crippen LogP contribution in [-0.2, 0) is 11.3 Å². The van der Waals surface area contributed by atoms with Gasteiger partial charge in [-0.05, 0) is 29.8 Å². The second-order valence-corrected chi connectivity index (χ2v) is 4.45. The third kappa shape index (κ3) is 3.48. The first-order valence-corrected chi connectivity index (χ1v) is 6.24. The maximum atomic E-state index is 11.6. The molecule has 2 aromatic carbocycles. The van der Waals surface area contributed by atoms with E-state index in [0.29, 0.717) is 17.1 Å². The molecule has 0 saturated carbocycles. The Morgan fingerprint density at radius 1 is 1.16 bits per heavy atom. The van der Waals surface area contributed by atoms with E-state index in [-0.39, 0.29) is 5.97 Å². The smallest absolute Gasteiger partial charge is 0.339 e. The number of esters is 1. The summed E-state index contributed by atoms with van der Waals surface area (Å²) in [6, 6.07) is 14.8. The van der Waals surface area contributed by atoms with Gasteiger partial charge in [0.15, 0.2) is 0 Å². The molecule has 0 bridgehead atoms. The lowest BCUT2D eigenvalue weighted by Crippen LogP contribution is -2.08. The summed E-state index contributed by atoms with van der Waals surface area (Å²) in [7, 11) is 1.37. The van der Waals surface area contributed by atoms with Gasteiger partial charge in [0.05, 0.1) is 12.7 Å². The average Bonchev–Trinajstić information content (AvgIpc) is 2.46. The van der Waals surface area contributed by atoms with Crippen molar-refractivity contribution in [3.63, 3.8) is 0 Å². The van der Waals surface area contributed by atoms with Crippen molar-refractivity contribution in [3.8, 4) is 0 Å². The first kappa shape index (κ1) is 13.4. The zero-order chi connectivity index (χ0) is 13.7. The van der Waals surface area contributed by atoms with E-state index in [9.17, 15) is 4.79 Å². The molecule has 98 valence electrons. The minimum atomic E-state index is -0.348. The maximum Gasteiger partial charge on any atom is 0.339 e. The van der Waals surface area contributed by atoms with Crippen LogP contribution < -0.4 is 5.32 Å². The number of para-hydroxylation sites is 1. The van der Waals surface area contributed by atoms with Crippen LogP contribution in [0.4, 0.5) is 5.69 Å². The fourth-order valence-corrected chi connectivity index (χ4v) is 1.85. The maximum absolute atomic E-state index is 11.6. The van der Waals surface area contributed by atoms with Crippen LogP contribution in [0.5, 0.6) is 0 Å². The molecule has 2 aromatic rings. The molecular formula is C15H14ClNO2. The van der Waals surface area contributed by atoms with Gasteiger partial charge < -0.3 is 10.1 Å². The molecule has 0 aliphatic carbocycles. The van der Waals surface area contributed by atoms with Gasteiger partial charge in [-0.1, -0.05) is 35.9 Å². The molecule has 0 aliphatic rings. The van der Waals surface area contributed by atoms with Crippen molar-refractivity contribution in [2.45, 2.75) is 6.54 Å². The summed E-state index contributed by atoms with van der Waals surface area (Å²) in [4.78, 5) is 11.6. The van der Waals surface area contributed by atoms with Crippen LogP contribution in [-0.4, -0.2) is 13.1 Å². The monoisotopic (exact) mass is 275 g/mol. The first-order valence-electron chi connectivity index (χ1n) is 5.86. The number of methoxy groups -OCH3 is 1. The second kappa shape index (κ2) is 6.25. The van der Waals surface area contributed by atoms with Crippen LogP contribution in [0.3, 0.4) is 0 Å². The summed E-state index contributed by atoms with van der Waals surface area (Å²) >= 11 is 5.83. The van der Waals surface area contributed by atoms with E-state index in [1.165, 1.54) is 7.11 Å². The Hall–Kier alpha value is -2.00. The van der Waals surface area contributed by atoms with Crippen LogP contribution in [0, 0.1) is 0 Å². The number of nitrogens with one attached hydrogen (secondary N) is 1. The summed E-state index contributed by atoms with van der Waals surface area (Å²) in [5, 5.41) is 3.93. The molecule has 0 unspecified atom stereocenters. The van der Waals surface area contributed by atoms with Gasteiger partial charge in [-0.15, -0.1) is 0 Å². The predicted octanol–water partition coefficient (Wildman–Crippen LogP) is 3.74. The van der Waals surface area contributed by atoms with Crippen LogP contribution in [0.2, 0.25) is 5.02 Å². The zero-order valence-corrected chi connectivity index (χ0v) is 11.3. The van der Waals surface area contributed by atoms with Crippen molar-refractivity contribution < 1.29 is 9.53 Å². The van der Waals surface area contributed by atoms with Gasteiger partial charge in [0.1, 0.15) is 0 Å². The summed E-state index contributed by atoms with van der Waals surface area (Å²) < 4.78 is 4.75. The molecule has 0 saturated heterocycles. The molecule has 0 fully saturated rings. The van der Waals surface area contributed by atoms with Crippen LogP contribution in [0.25, 0.3) is 0 Å². The molecule has 4 heteroatoms. The van der Waals surface area contributed by atoms with Gasteiger partial charge in [0.2, 0.25) is 0 Å². The highest BCUT2D eigenvalue weighted by atomic mass is 35.5. The van der Waals surface area contributed by atoms with E-state index < -0.39 is 0 Å². The number of carbonyl (C=O) groups is 1. The Bertz CT molecular complexity index is 567. The highest BCUT2D eigenvalue weighted by molar-refractivity contribution is 6.30. The van der Waals surface area contributed by atoms with Crippen molar-refractivity contribution in [2.24, 2.45) is 0 Å². The zero-order valence-electron chi connectivity index (χ0n) is 10.5. The molecule has 0 amide bonds. The number of hydrogen-bond acceptors (Lipinski definition) is 3. The summed E-state index contributed by atoms with van der Waals surface area (Å²) in [6.07, 6.45) is 0. The van der Waals surface area contributed by atoms with E-state index >= 15 is 0 Å². The largest absolute Gasteiger partial charge is 0.465 e. The van der Waals surface area contributed by atoms with Gasteiger partial charge in [0, 0.05) is 17.3 Å². The van der Waals surface area contributed by atoms with Crippen LogP contribution in [0.1, 0.15) is 15.9 Å². The predicted molar refractivity (Wildman–Crippen MR) is 76.6 cm³/mol. The number of anilines is 1. The Morgan fingerprint density at radius 3 is 2.53 bits per heavy atom. The van der Waals surface area contributed by atoms with Gasteiger partial charge in [-0.2, -0.15) is 0 Å². The summed E-state index contributed by atoms with van der Waals surface area (Å²) in [6.45, 7) is 0.616. The van der Waals surface area contributed by atoms with Crippen LogP contribution in [0.15, 0.2) is 48.5 Å². The number of ether oxygens (including phenoxy) is 1. The van der Waals surface area contributed by atoms with Gasteiger partial charge in [-0.3, -0.25) is 0 Å². The molecule has 0 aliphatic heterocycles. The minimum absolute atomic E-state index is 0.348. The lowest BCUT2D eigenvalue weighted by molar-refractivity contribution is 0.0602. The third-order valence-electron chi connectivity index (χ3n) is 2.73. The molecule has 2 rings (SSSR count). The Kier molecular flexibility index (Phi) is 4.42. The quantitative estimate of drug-likeness (QED) is 0.864. The number of rotatable bonds is 4. The van der Waals surface area contributed by atoms with Crippen LogP contribution >= 0.6 is 11.6 Å². The van der Waals surface area contributed by atoms with Crippen molar-refractivity contribution in [2.75, 3.05) is 12.4 Å². The van der Waals surface area contributed by atoms with E-state index in [2.05, 4.69) is 5.32 Å². The Morgan fingerprint density at radius 2 is 1.84 bits per heavy atom. The normalized spacial score (nSPS) is 10.0. The highest BCUT2D eigenvalue weighted by Crippen LogP contribution is 2.17. The Labute approximate surface area is 117 Å². The van der Waals surface area contributed by atoms with E-state index in [4.69, 9.17) is 16.3 Å². The molecule has 0 aromatic heterocycles. The number of hydrogen-bond donors (Lipinski definition) is 1. The first-order chi connectivity index (χ1) is 9.20. The summed E-state index contributed by atoms with van der Waals surface area (Å²) in [5.41, 5.74) is 2.37. The van der Waals surface area contributed by atoms with E-state index in [0.717, 1.165) is 11.3 Å². The van der Waals surface area contributed by atoms with Gasteiger partial charge in [-0.25, -0.2) is 4.79 Å². The molecule has 0 radical (unpaired) electrons. The SMILES string of the molecule is COC(=O)c1ccccc1NCc1ccc(Cl)cc1. The lowest BCUT2D eigenvalue weighted by atomic mass is 10.1. The van der Waals surface area contributed by atoms with E-state index in [1.54, 1.807) is 12.1 Å². The van der Waals surface area contributed by atoms with E-state index in [1.807, 2.05) is 36.4 Å². The molecule has 0 atom stereocenters. The number of carbonyl (C=O) groups excluding carboxylic acids is 1. The fraction of sp³-hybridized carbons (Fsp3) is 0.133. The minimum Gasteiger partial charge on any atom is -0.465 e. The standard InChI is InChI=1S/C15H14ClNO2/c1-19-15(18)13-4-2-3-5-14(13)17-10-11-6-8-12(16)9-7-11/h2-9,17H,10H2,1H3. The molecule has 3 nitrogen and oxygen atoms in total. The van der Waals surface area contributed by atoms with Crippen molar-refractivity contribution >= 4 is 23.3 Å². The lowest BCUT2D eigenvalue weighted by Gasteiger charge is -2.10. The van der Waals surface area contributed by atoms with Gasteiger partial charge in [0.25, 0.3) is 0 Å². The van der Waals surface area contributed by atoms with Gasteiger partial charge >= 0.3 is 5.97 Å². The number of benzene rings is 2. The Balaban J connectivity index is 2.11. The topological polar surface area (TPSA) is 38.3 Å². The molecular weight excluding hydrogens is 262 g/mol. The van der Waals surface area contributed by atoms with Crippen molar-refractivity contribution in [1.29, 1.82) is 0 Å². The van der Waals surface area contributed by atoms with Crippen molar-refractivity contribution in [1.82, 2.24) is 0 Å². The summed E-state index contributed by atoms with van der Waals surface area (Å²) in [5.74, 6) is -0.348. The molecule has 19 heavy (non-hydrogen) atoms. The second-order valence-electron chi connectivity index (χ2n) is 4.02. The van der Waals surface area contributed by atoms with Crippen molar-refractivity contribution in [3.05, 3.63) is 64.7 Å². The fourth-order valence-electron chi connectivity index (χ4n) is 1.72. The third-order valence-corrected chi connectivity index (χ3v) is 2.98. The number of halogens is 1. The highest BCUT2D eigenvalue weighted by Gasteiger charge is 2.10. The average molecular weight is 276 g/mol. The molecule has 0 heterocycles. The molecule has 1 N–H and O–H groups in total.